The SMILES string of the molecule is CNc1ccc(Cc2cc[c]cn2)cc1. The third kappa shape index (κ3) is 2.56. The highest BCUT2D eigenvalue weighted by atomic mass is 14.8. The number of pyridine rings is 1. The first-order valence-electron chi connectivity index (χ1n) is 4.96. The molecule has 2 nitrogen and oxygen atoms in total. The zero-order valence-electron chi connectivity index (χ0n) is 8.70. The highest BCUT2D eigenvalue weighted by Crippen LogP contribution is 2.11. The Morgan fingerprint density at radius 2 is 2.00 bits per heavy atom. The summed E-state index contributed by atoms with van der Waals surface area (Å²) in [7, 11) is 1.92. The van der Waals surface area contributed by atoms with Crippen molar-refractivity contribution in [2.45, 2.75) is 6.42 Å². The van der Waals surface area contributed by atoms with Gasteiger partial charge in [0, 0.05) is 37.1 Å². The van der Waals surface area contributed by atoms with Gasteiger partial charge in [0.05, 0.1) is 0 Å². The molecule has 0 aliphatic carbocycles. The molecule has 0 fully saturated rings. The number of nitrogens with zero attached hydrogens (tertiary/aromatic N) is 1. The van der Waals surface area contributed by atoms with Crippen LogP contribution in [-0.4, -0.2) is 12.0 Å². The molecule has 1 N–H and O–H groups in total. The van der Waals surface area contributed by atoms with Crippen molar-refractivity contribution in [3.63, 3.8) is 0 Å². The van der Waals surface area contributed by atoms with Crippen LogP contribution in [-0.2, 0) is 6.42 Å². The summed E-state index contributed by atoms with van der Waals surface area (Å²) in [6, 6.07) is 15.2. The second-order valence-electron chi connectivity index (χ2n) is 3.37. The minimum absolute atomic E-state index is 0.874. The maximum atomic E-state index is 4.25. The van der Waals surface area contributed by atoms with Crippen molar-refractivity contribution in [3.05, 3.63) is 59.9 Å². The fourth-order valence-electron chi connectivity index (χ4n) is 1.45. The quantitative estimate of drug-likeness (QED) is 0.817. The summed E-state index contributed by atoms with van der Waals surface area (Å²) in [5.41, 5.74) is 3.48. The Morgan fingerprint density at radius 3 is 2.60 bits per heavy atom. The van der Waals surface area contributed by atoms with Gasteiger partial charge in [-0.3, -0.25) is 4.98 Å². The molecule has 0 aliphatic heterocycles. The van der Waals surface area contributed by atoms with Crippen LogP contribution >= 0.6 is 0 Å². The van der Waals surface area contributed by atoms with Gasteiger partial charge in [-0.05, 0) is 23.8 Å². The average Bonchev–Trinajstić information content (AvgIpc) is 2.31. The zero-order chi connectivity index (χ0) is 10.5. The summed E-state index contributed by atoms with van der Waals surface area (Å²) in [5, 5.41) is 3.10. The molecule has 2 aromatic rings. The highest BCUT2D eigenvalue weighted by Gasteiger charge is 1.96. The normalized spacial score (nSPS) is 9.93. The first-order valence-corrected chi connectivity index (χ1v) is 4.96. The Kier molecular flexibility index (Phi) is 2.98. The smallest absolute Gasteiger partial charge is 0.0447 e. The molecule has 0 atom stereocenters. The van der Waals surface area contributed by atoms with Crippen LogP contribution in [0.3, 0.4) is 0 Å². The molecule has 1 aromatic heterocycles. The van der Waals surface area contributed by atoms with E-state index in [0.717, 1.165) is 17.8 Å². The molecule has 1 heterocycles. The van der Waals surface area contributed by atoms with Crippen LogP contribution in [0.2, 0.25) is 0 Å². The fraction of sp³-hybridized carbons (Fsp3) is 0.154. The molecule has 0 amide bonds. The van der Waals surface area contributed by atoms with Gasteiger partial charge >= 0.3 is 0 Å². The predicted octanol–water partition coefficient (Wildman–Crippen LogP) is 2.51. The molecular formula is C13H13N2. The third-order valence-corrected chi connectivity index (χ3v) is 2.30. The van der Waals surface area contributed by atoms with Crippen molar-refractivity contribution >= 4 is 5.69 Å². The molecule has 2 rings (SSSR count). The van der Waals surface area contributed by atoms with E-state index in [1.807, 2.05) is 19.2 Å². The average molecular weight is 197 g/mol. The van der Waals surface area contributed by atoms with Crippen molar-refractivity contribution in [1.29, 1.82) is 0 Å². The Labute approximate surface area is 90.0 Å². The summed E-state index contributed by atoms with van der Waals surface area (Å²) >= 11 is 0. The second kappa shape index (κ2) is 4.60. The van der Waals surface area contributed by atoms with Gasteiger partial charge in [-0.1, -0.05) is 18.2 Å². The first-order chi connectivity index (χ1) is 7.38. The van der Waals surface area contributed by atoms with Gasteiger partial charge in [-0.15, -0.1) is 0 Å². The van der Waals surface area contributed by atoms with E-state index < -0.39 is 0 Å². The topological polar surface area (TPSA) is 24.9 Å². The molecule has 0 unspecified atom stereocenters. The second-order valence-corrected chi connectivity index (χ2v) is 3.37. The van der Waals surface area contributed by atoms with Gasteiger partial charge in [0.15, 0.2) is 0 Å². The van der Waals surface area contributed by atoms with E-state index in [1.54, 1.807) is 6.20 Å². The van der Waals surface area contributed by atoms with Gasteiger partial charge in [0.25, 0.3) is 0 Å². The summed E-state index contributed by atoms with van der Waals surface area (Å²) in [4.78, 5) is 4.25. The molecule has 1 radical (unpaired) electrons. The minimum Gasteiger partial charge on any atom is -0.388 e. The van der Waals surface area contributed by atoms with E-state index in [1.165, 1.54) is 5.56 Å². The highest BCUT2D eigenvalue weighted by molar-refractivity contribution is 5.44. The molecule has 1 aromatic carbocycles. The standard InChI is InChI=1S/C13H13N2/c1-14-12-7-5-11(6-8-12)10-13-4-2-3-9-15-13/h2,4-9,14H,10H2,1H3. The summed E-state index contributed by atoms with van der Waals surface area (Å²) in [6.45, 7) is 0. The largest absolute Gasteiger partial charge is 0.388 e. The lowest BCUT2D eigenvalue weighted by molar-refractivity contribution is 1.07. The maximum absolute atomic E-state index is 4.25. The van der Waals surface area contributed by atoms with E-state index in [-0.39, 0.29) is 0 Å². The summed E-state index contributed by atoms with van der Waals surface area (Å²) in [5.74, 6) is 0. The van der Waals surface area contributed by atoms with Gasteiger partial charge in [0.1, 0.15) is 0 Å². The fourth-order valence-corrected chi connectivity index (χ4v) is 1.45. The lowest BCUT2D eigenvalue weighted by Crippen LogP contribution is -1.92. The number of anilines is 1. The molecule has 0 saturated carbocycles. The number of hydrogen-bond acceptors (Lipinski definition) is 2. The van der Waals surface area contributed by atoms with Crippen LogP contribution in [0.25, 0.3) is 0 Å². The van der Waals surface area contributed by atoms with Gasteiger partial charge in [-0.2, -0.15) is 0 Å². The Morgan fingerprint density at radius 1 is 1.20 bits per heavy atom. The van der Waals surface area contributed by atoms with Crippen molar-refractivity contribution in [3.8, 4) is 0 Å². The Balaban J connectivity index is 2.11. The van der Waals surface area contributed by atoms with Crippen molar-refractivity contribution in [2.75, 3.05) is 12.4 Å². The molecule has 2 heteroatoms. The van der Waals surface area contributed by atoms with E-state index in [0.29, 0.717) is 0 Å². The minimum atomic E-state index is 0.874. The monoisotopic (exact) mass is 197 g/mol. The van der Waals surface area contributed by atoms with Crippen LogP contribution in [0, 0.1) is 6.07 Å². The van der Waals surface area contributed by atoms with Crippen molar-refractivity contribution in [2.24, 2.45) is 0 Å². The molecule has 0 aliphatic rings. The number of aromatic nitrogens is 1. The lowest BCUT2D eigenvalue weighted by atomic mass is 10.1. The Bertz CT molecular complexity index is 406. The number of benzene rings is 1. The molecule has 15 heavy (non-hydrogen) atoms. The van der Waals surface area contributed by atoms with E-state index in [4.69, 9.17) is 0 Å². The van der Waals surface area contributed by atoms with E-state index in [9.17, 15) is 0 Å². The van der Waals surface area contributed by atoms with Gasteiger partial charge in [0.2, 0.25) is 0 Å². The van der Waals surface area contributed by atoms with Crippen LogP contribution < -0.4 is 5.32 Å². The third-order valence-electron chi connectivity index (χ3n) is 2.30. The number of nitrogens with one attached hydrogen (secondary N) is 1. The van der Waals surface area contributed by atoms with Crippen LogP contribution in [0.15, 0.2) is 42.6 Å². The van der Waals surface area contributed by atoms with Gasteiger partial charge < -0.3 is 5.32 Å². The van der Waals surface area contributed by atoms with Crippen molar-refractivity contribution in [1.82, 2.24) is 4.98 Å². The van der Waals surface area contributed by atoms with Crippen LogP contribution in [0.4, 0.5) is 5.69 Å². The lowest BCUT2D eigenvalue weighted by Gasteiger charge is -2.03. The Hall–Kier alpha value is -1.83. The summed E-state index contributed by atoms with van der Waals surface area (Å²) in [6.07, 6.45) is 2.58. The zero-order valence-corrected chi connectivity index (χ0v) is 8.70. The molecule has 0 bridgehead atoms. The number of hydrogen-bond donors (Lipinski definition) is 1. The summed E-state index contributed by atoms with van der Waals surface area (Å²) < 4.78 is 0. The van der Waals surface area contributed by atoms with Gasteiger partial charge in [-0.25, -0.2) is 0 Å². The first kappa shape index (κ1) is 9.71. The molecule has 0 saturated heterocycles. The van der Waals surface area contributed by atoms with E-state index in [2.05, 4.69) is 40.6 Å². The van der Waals surface area contributed by atoms with Crippen molar-refractivity contribution < 1.29 is 0 Å². The number of rotatable bonds is 3. The molecular weight excluding hydrogens is 184 g/mol. The molecule has 75 valence electrons. The molecule has 0 spiro atoms. The maximum Gasteiger partial charge on any atom is 0.0447 e. The van der Waals surface area contributed by atoms with Crippen LogP contribution in [0.1, 0.15) is 11.3 Å². The van der Waals surface area contributed by atoms with Crippen LogP contribution in [0.5, 0.6) is 0 Å². The predicted molar refractivity (Wildman–Crippen MR) is 61.9 cm³/mol. The van der Waals surface area contributed by atoms with E-state index >= 15 is 0 Å².